The van der Waals surface area contributed by atoms with E-state index in [9.17, 15) is 8.42 Å². The molecule has 4 heterocycles. The molecular weight excluding hydrogens is 450 g/mol. The van der Waals surface area contributed by atoms with Crippen LogP contribution in [0.4, 0.5) is 5.82 Å². The predicted octanol–water partition coefficient (Wildman–Crippen LogP) is 3.42. The van der Waals surface area contributed by atoms with Gasteiger partial charge in [-0.25, -0.2) is 18.4 Å². The van der Waals surface area contributed by atoms with E-state index >= 15 is 0 Å². The van der Waals surface area contributed by atoms with Crippen molar-refractivity contribution in [2.45, 2.75) is 49.8 Å². The maximum Gasteiger partial charge on any atom is 0.252 e. The number of nitrogen functional groups attached to an aromatic ring is 1. The summed E-state index contributed by atoms with van der Waals surface area (Å²) >= 11 is 3.10. The molecule has 0 unspecified atom stereocenters. The lowest BCUT2D eigenvalue weighted by Gasteiger charge is -2.33. The van der Waals surface area contributed by atoms with Crippen LogP contribution in [0.25, 0.3) is 10.2 Å². The van der Waals surface area contributed by atoms with Gasteiger partial charge in [0.2, 0.25) is 0 Å². The molecule has 0 atom stereocenters. The van der Waals surface area contributed by atoms with E-state index in [0.717, 1.165) is 33.8 Å². The van der Waals surface area contributed by atoms with Crippen LogP contribution in [0.5, 0.6) is 0 Å². The molecule has 1 saturated heterocycles. The minimum Gasteiger partial charge on any atom is -0.383 e. The Labute approximate surface area is 191 Å². The number of sulfonamides is 1. The van der Waals surface area contributed by atoms with Crippen LogP contribution in [-0.2, 0) is 29.4 Å². The first-order valence-electron chi connectivity index (χ1n) is 10.8. The molecule has 2 N–H and O–H groups in total. The van der Waals surface area contributed by atoms with Crippen molar-refractivity contribution in [2.75, 3.05) is 31.9 Å². The van der Waals surface area contributed by atoms with Gasteiger partial charge in [0.1, 0.15) is 20.7 Å². The van der Waals surface area contributed by atoms with Gasteiger partial charge >= 0.3 is 0 Å². The van der Waals surface area contributed by atoms with Gasteiger partial charge in [-0.1, -0.05) is 6.42 Å². The number of piperazine rings is 1. The first kappa shape index (κ1) is 21.3. The number of thiophene rings is 2. The molecule has 1 aliphatic carbocycles. The first-order chi connectivity index (χ1) is 14.9. The highest BCUT2D eigenvalue weighted by molar-refractivity contribution is 7.91. The monoisotopic (exact) mass is 477 g/mol. The number of fused-ring (bicyclic) bond motifs is 3. The smallest absolute Gasteiger partial charge is 0.252 e. The summed E-state index contributed by atoms with van der Waals surface area (Å²) in [6.45, 7) is 4.79. The Bertz CT molecular complexity index is 1210. The molecule has 31 heavy (non-hydrogen) atoms. The Hall–Kier alpha value is -1.59. The standard InChI is InChI=1S/C21H27N5O2S3/c1-14-7-8-18(29-14)31(27,28)26-11-9-25(10-12-26)13-17-23-20(22)19-15-5-3-2-4-6-16(15)30-21(19)24-17/h7-8H,2-6,9-13H2,1H3,(H2,22,23,24). The molecule has 3 aromatic heterocycles. The van der Waals surface area contributed by atoms with Gasteiger partial charge in [-0.3, -0.25) is 4.90 Å². The summed E-state index contributed by atoms with van der Waals surface area (Å²) in [5.41, 5.74) is 7.74. The van der Waals surface area contributed by atoms with Crippen LogP contribution in [0.2, 0.25) is 0 Å². The second-order valence-corrected chi connectivity index (χ2v) is 12.9. The molecule has 3 aromatic rings. The lowest BCUT2D eigenvalue weighted by molar-refractivity contribution is 0.178. The highest BCUT2D eigenvalue weighted by atomic mass is 32.2. The zero-order chi connectivity index (χ0) is 21.6. The zero-order valence-corrected chi connectivity index (χ0v) is 20.1. The fraction of sp³-hybridized carbons (Fsp3) is 0.524. The van der Waals surface area contributed by atoms with Gasteiger partial charge in [0.25, 0.3) is 10.0 Å². The highest BCUT2D eigenvalue weighted by Crippen LogP contribution is 2.37. The zero-order valence-electron chi connectivity index (χ0n) is 17.6. The number of nitrogens with zero attached hydrogens (tertiary/aromatic N) is 4. The van der Waals surface area contributed by atoms with Gasteiger partial charge in [0.15, 0.2) is 0 Å². The van der Waals surface area contributed by atoms with Crippen LogP contribution in [0.1, 0.15) is 40.4 Å². The van der Waals surface area contributed by atoms with Crippen LogP contribution in [0.3, 0.4) is 0 Å². The van der Waals surface area contributed by atoms with E-state index in [-0.39, 0.29) is 0 Å². The number of anilines is 1. The van der Waals surface area contributed by atoms with Gasteiger partial charge in [0, 0.05) is 35.9 Å². The number of aromatic nitrogens is 2. The van der Waals surface area contributed by atoms with Crippen molar-refractivity contribution in [3.05, 3.63) is 33.3 Å². The molecule has 0 aromatic carbocycles. The van der Waals surface area contributed by atoms with Crippen molar-refractivity contribution < 1.29 is 8.42 Å². The summed E-state index contributed by atoms with van der Waals surface area (Å²) in [5, 5.41) is 1.06. The van der Waals surface area contributed by atoms with E-state index in [1.54, 1.807) is 21.7 Å². The SMILES string of the molecule is Cc1ccc(S(=O)(=O)N2CCN(Cc3nc(N)c4c5c(sc4n3)CCCCC5)CC2)s1. The summed E-state index contributed by atoms with van der Waals surface area (Å²) in [5.74, 6) is 1.32. The van der Waals surface area contributed by atoms with Crippen LogP contribution >= 0.6 is 22.7 Å². The average molecular weight is 478 g/mol. The fourth-order valence-corrected chi connectivity index (χ4v) is 8.63. The lowest BCUT2D eigenvalue weighted by atomic mass is 10.1. The number of hydrogen-bond acceptors (Lipinski definition) is 8. The summed E-state index contributed by atoms with van der Waals surface area (Å²) in [6.07, 6.45) is 5.90. The van der Waals surface area contributed by atoms with Crippen molar-refractivity contribution in [1.82, 2.24) is 19.2 Å². The molecule has 0 radical (unpaired) electrons. The van der Waals surface area contributed by atoms with Crippen molar-refractivity contribution in [1.29, 1.82) is 0 Å². The van der Waals surface area contributed by atoms with E-state index < -0.39 is 10.0 Å². The molecule has 7 nitrogen and oxygen atoms in total. The van der Waals surface area contributed by atoms with Crippen LogP contribution in [0, 0.1) is 6.92 Å². The molecule has 2 aliphatic rings. The van der Waals surface area contributed by atoms with Crippen molar-refractivity contribution >= 4 is 48.7 Å². The van der Waals surface area contributed by atoms with Gasteiger partial charge in [0.05, 0.1) is 11.9 Å². The topological polar surface area (TPSA) is 92.4 Å². The van der Waals surface area contributed by atoms with Gasteiger partial charge in [-0.05, 0) is 50.3 Å². The molecule has 0 amide bonds. The predicted molar refractivity (Wildman–Crippen MR) is 126 cm³/mol. The summed E-state index contributed by atoms with van der Waals surface area (Å²) in [6, 6.07) is 3.56. The highest BCUT2D eigenvalue weighted by Gasteiger charge is 2.30. The molecule has 1 fully saturated rings. The second-order valence-electron chi connectivity index (χ2n) is 8.31. The largest absolute Gasteiger partial charge is 0.383 e. The minimum atomic E-state index is -3.40. The molecule has 10 heteroatoms. The maximum atomic E-state index is 12.9. The van der Waals surface area contributed by atoms with E-state index in [1.807, 2.05) is 13.0 Å². The van der Waals surface area contributed by atoms with Gasteiger partial charge < -0.3 is 5.73 Å². The minimum absolute atomic E-state index is 0.428. The molecule has 5 rings (SSSR count). The molecule has 166 valence electrons. The van der Waals surface area contributed by atoms with E-state index in [2.05, 4.69) is 9.88 Å². The molecular formula is C21H27N5O2S3. The van der Waals surface area contributed by atoms with Crippen LogP contribution in [-0.4, -0.2) is 53.8 Å². The van der Waals surface area contributed by atoms with Crippen molar-refractivity contribution in [2.24, 2.45) is 0 Å². The Balaban J connectivity index is 1.29. The van der Waals surface area contributed by atoms with Crippen molar-refractivity contribution in [3.8, 4) is 0 Å². The average Bonchev–Trinajstić information content (AvgIpc) is 3.25. The molecule has 0 spiro atoms. The number of hydrogen-bond donors (Lipinski definition) is 1. The lowest BCUT2D eigenvalue weighted by Crippen LogP contribution is -2.48. The normalized spacial score (nSPS) is 18.9. The molecule has 0 saturated carbocycles. The van der Waals surface area contributed by atoms with Crippen LogP contribution < -0.4 is 5.73 Å². The summed E-state index contributed by atoms with van der Waals surface area (Å²) < 4.78 is 27.7. The summed E-state index contributed by atoms with van der Waals surface area (Å²) in [7, 11) is -3.40. The quantitative estimate of drug-likeness (QED) is 0.579. The fourth-order valence-electron chi connectivity index (χ4n) is 4.48. The number of rotatable bonds is 4. The molecule has 1 aliphatic heterocycles. The Morgan fingerprint density at radius 1 is 1.03 bits per heavy atom. The maximum absolute atomic E-state index is 12.9. The van der Waals surface area contributed by atoms with Gasteiger partial charge in [-0.15, -0.1) is 22.7 Å². The third-order valence-corrected chi connectivity index (χ3v) is 10.7. The number of nitrogens with two attached hydrogens (primary N) is 1. The third kappa shape index (κ3) is 4.11. The van der Waals surface area contributed by atoms with Gasteiger partial charge in [-0.2, -0.15) is 4.31 Å². The van der Waals surface area contributed by atoms with E-state index in [0.29, 0.717) is 42.8 Å². The van der Waals surface area contributed by atoms with E-state index in [4.69, 9.17) is 10.7 Å². The first-order valence-corrected chi connectivity index (χ1v) is 13.8. The van der Waals surface area contributed by atoms with E-state index in [1.165, 1.54) is 41.0 Å². The second kappa shape index (κ2) is 8.40. The Morgan fingerprint density at radius 2 is 1.81 bits per heavy atom. The van der Waals surface area contributed by atoms with Crippen LogP contribution in [0.15, 0.2) is 16.3 Å². The Morgan fingerprint density at radius 3 is 2.55 bits per heavy atom. The van der Waals surface area contributed by atoms with Crippen molar-refractivity contribution in [3.63, 3.8) is 0 Å². The summed E-state index contributed by atoms with van der Waals surface area (Å²) in [4.78, 5) is 15.1. The Kier molecular flexibility index (Phi) is 5.76. The number of aryl methyl sites for hydroxylation is 3. The third-order valence-electron chi connectivity index (χ3n) is 6.15. The molecule has 0 bridgehead atoms.